The lowest BCUT2D eigenvalue weighted by Crippen LogP contribution is -1.99. The van der Waals surface area contributed by atoms with Crippen molar-refractivity contribution in [2.75, 3.05) is 6.61 Å². The van der Waals surface area contributed by atoms with Crippen molar-refractivity contribution < 1.29 is 9.53 Å². The van der Waals surface area contributed by atoms with Crippen LogP contribution in [0, 0.1) is 23.7 Å². The third kappa shape index (κ3) is 6.35. The lowest BCUT2D eigenvalue weighted by atomic mass is 10.2. The van der Waals surface area contributed by atoms with Gasteiger partial charge in [-0.2, -0.15) is 0 Å². The second-order valence-corrected chi connectivity index (χ2v) is 3.39. The van der Waals surface area contributed by atoms with E-state index in [0.717, 1.165) is 18.5 Å². The minimum Gasteiger partial charge on any atom is -0.456 e. The van der Waals surface area contributed by atoms with E-state index in [-0.39, 0.29) is 0 Å². The summed E-state index contributed by atoms with van der Waals surface area (Å²) in [6, 6.07) is 5.63. The SMILES string of the molecule is CCOC(=O)C#CCCCC#Cc1ccccn1. The van der Waals surface area contributed by atoms with E-state index in [1.807, 2.05) is 18.2 Å². The fourth-order valence-electron chi connectivity index (χ4n) is 1.16. The summed E-state index contributed by atoms with van der Waals surface area (Å²) in [5.41, 5.74) is 0.773. The molecular weight excluding hydrogens is 226 g/mol. The molecule has 0 N–H and O–H groups in total. The maximum absolute atomic E-state index is 10.9. The summed E-state index contributed by atoms with van der Waals surface area (Å²) in [4.78, 5) is 15.0. The quantitative estimate of drug-likeness (QED) is 0.352. The van der Waals surface area contributed by atoms with Crippen LogP contribution in [-0.2, 0) is 9.53 Å². The number of pyridine rings is 1. The topological polar surface area (TPSA) is 39.2 Å². The van der Waals surface area contributed by atoms with Crippen molar-refractivity contribution in [3.8, 4) is 23.7 Å². The van der Waals surface area contributed by atoms with Gasteiger partial charge in [0.15, 0.2) is 0 Å². The predicted molar refractivity (Wildman–Crippen MR) is 69.4 cm³/mol. The van der Waals surface area contributed by atoms with Gasteiger partial charge in [-0.3, -0.25) is 0 Å². The molecule has 1 aromatic heterocycles. The number of carbonyl (C=O) groups is 1. The van der Waals surface area contributed by atoms with E-state index < -0.39 is 5.97 Å². The minimum absolute atomic E-state index is 0.364. The third-order valence-corrected chi connectivity index (χ3v) is 1.95. The van der Waals surface area contributed by atoms with Crippen LogP contribution in [0.1, 0.15) is 31.9 Å². The van der Waals surface area contributed by atoms with E-state index in [1.165, 1.54) is 0 Å². The molecule has 3 heteroatoms. The van der Waals surface area contributed by atoms with Gasteiger partial charge in [0.25, 0.3) is 0 Å². The fraction of sp³-hybridized carbons (Fsp3) is 0.333. The number of carbonyl (C=O) groups excluding carboxylic acids is 1. The number of rotatable bonds is 3. The first-order valence-corrected chi connectivity index (χ1v) is 5.88. The van der Waals surface area contributed by atoms with Crippen molar-refractivity contribution in [1.29, 1.82) is 0 Å². The van der Waals surface area contributed by atoms with Gasteiger partial charge >= 0.3 is 5.97 Å². The Morgan fingerprint density at radius 2 is 2.17 bits per heavy atom. The van der Waals surface area contributed by atoms with Gasteiger partial charge in [-0.1, -0.05) is 17.9 Å². The maximum atomic E-state index is 10.9. The minimum atomic E-state index is -0.461. The summed E-state index contributed by atoms with van der Waals surface area (Å²) < 4.78 is 4.68. The molecule has 0 bridgehead atoms. The molecule has 0 aliphatic carbocycles. The van der Waals surface area contributed by atoms with Crippen molar-refractivity contribution in [2.45, 2.75) is 26.2 Å². The maximum Gasteiger partial charge on any atom is 0.384 e. The fourth-order valence-corrected chi connectivity index (χ4v) is 1.16. The zero-order chi connectivity index (χ0) is 13.1. The van der Waals surface area contributed by atoms with E-state index in [9.17, 15) is 4.79 Å². The Morgan fingerprint density at radius 3 is 2.89 bits per heavy atom. The lowest BCUT2D eigenvalue weighted by Gasteiger charge is -1.90. The van der Waals surface area contributed by atoms with Gasteiger partial charge in [0.05, 0.1) is 6.61 Å². The number of hydrogen-bond acceptors (Lipinski definition) is 3. The molecule has 0 amide bonds. The number of ether oxygens (including phenoxy) is 1. The molecule has 0 aliphatic heterocycles. The van der Waals surface area contributed by atoms with Crippen molar-refractivity contribution in [2.24, 2.45) is 0 Å². The molecule has 18 heavy (non-hydrogen) atoms. The van der Waals surface area contributed by atoms with Crippen molar-refractivity contribution >= 4 is 5.97 Å². The highest BCUT2D eigenvalue weighted by Crippen LogP contribution is 1.94. The number of hydrogen-bond donors (Lipinski definition) is 0. The first kappa shape index (κ1) is 13.8. The van der Waals surface area contributed by atoms with Crippen LogP contribution in [0.3, 0.4) is 0 Å². The first-order chi connectivity index (χ1) is 8.83. The van der Waals surface area contributed by atoms with Crippen LogP contribution in [0.25, 0.3) is 0 Å². The largest absolute Gasteiger partial charge is 0.456 e. The lowest BCUT2D eigenvalue weighted by molar-refractivity contribution is -0.136. The second kappa shape index (κ2) is 8.84. The van der Waals surface area contributed by atoms with Crippen LogP contribution in [0.15, 0.2) is 24.4 Å². The summed E-state index contributed by atoms with van der Waals surface area (Å²) in [6.07, 6.45) is 3.95. The van der Waals surface area contributed by atoms with Gasteiger partial charge in [-0.25, -0.2) is 9.78 Å². The molecule has 3 nitrogen and oxygen atoms in total. The summed E-state index contributed by atoms with van der Waals surface area (Å²) in [5.74, 6) is 10.7. The van der Waals surface area contributed by atoms with E-state index >= 15 is 0 Å². The average molecular weight is 241 g/mol. The number of nitrogens with zero attached hydrogens (tertiary/aromatic N) is 1. The molecule has 0 saturated heterocycles. The van der Waals surface area contributed by atoms with Gasteiger partial charge in [0.1, 0.15) is 5.69 Å². The molecule has 1 aromatic rings. The predicted octanol–water partition coefficient (Wildman–Crippen LogP) is 2.17. The Balaban J connectivity index is 2.20. The molecule has 0 unspecified atom stereocenters. The van der Waals surface area contributed by atoms with Crippen LogP contribution in [-0.4, -0.2) is 17.6 Å². The van der Waals surface area contributed by atoms with Crippen molar-refractivity contribution in [1.82, 2.24) is 4.98 Å². The molecule has 1 heterocycles. The summed E-state index contributed by atoms with van der Waals surface area (Å²) in [6.45, 7) is 2.12. The van der Waals surface area contributed by atoms with E-state index in [1.54, 1.807) is 13.1 Å². The number of unbranched alkanes of at least 4 members (excludes halogenated alkanes) is 2. The smallest absolute Gasteiger partial charge is 0.384 e. The zero-order valence-electron chi connectivity index (χ0n) is 10.4. The Labute approximate surface area is 108 Å². The number of esters is 1. The van der Waals surface area contributed by atoms with E-state index in [4.69, 9.17) is 0 Å². The average Bonchev–Trinajstić information content (AvgIpc) is 2.39. The molecule has 0 spiro atoms. The Hall–Kier alpha value is -2.26. The van der Waals surface area contributed by atoms with Crippen molar-refractivity contribution in [3.05, 3.63) is 30.1 Å². The van der Waals surface area contributed by atoms with Gasteiger partial charge in [0.2, 0.25) is 0 Å². The Kier molecular flexibility index (Phi) is 6.78. The van der Waals surface area contributed by atoms with Crippen LogP contribution in [0.4, 0.5) is 0 Å². The van der Waals surface area contributed by atoms with E-state index in [2.05, 4.69) is 33.4 Å². The van der Waals surface area contributed by atoms with Crippen molar-refractivity contribution in [3.63, 3.8) is 0 Å². The van der Waals surface area contributed by atoms with Gasteiger partial charge in [-0.15, -0.1) is 0 Å². The third-order valence-electron chi connectivity index (χ3n) is 1.95. The van der Waals surface area contributed by atoms with Crippen LogP contribution >= 0.6 is 0 Å². The van der Waals surface area contributed by atoms with Gasteiger partial charge in [0, 0.05) is 25.0 Å². The summed E-state index contributed by atoms with van der Waals surface area (Å²) >= 11 is 0. The monoisotopic (exact) mass is 241 g/mol. The van der Waals surface area contributed by atoms with Crippen LogP contribution < -0.4 is 0 Å². The highest BCUT2D eigenvalue weighted by molar-refractivity contribution is 5.88. The normalized spacial score (nSPS) is 8.50. The Morgan fingerprint density at radius 1 is 1.33 bits per heavy atom. The van der Waals surface area contributed by atoms with Gasteiger partial charge in [-0.05, 0) is 31.4 Å². The molecule has 0 radical (unpaired) electrons. The molecule has 0 aliphatic rings. The number of aromatic nitrogens is 1. The molecule has 92 valence electrons. The molecule has 0 atom stereocenters. The van der Waals surface area contributed by atoms with Crippen LogP contribution in [0.5, 0.6) is 0 Å². The summed E-state index contributed by atoms with van der Waals surface area (Å²) in [7, 11) is 0. The van der Waals surface area contributed by atoms with Crippen LogP contribution in [0.2, 0.25) is 0 Å². The zero-order valence-corrected chi connectivity index (χ0v) is 10.4. The van der Waals surface area contributed by atoms with E-state index in [0.29, 0.717) is 13.0 Å². The molecule has 0 saturated carbocycles. The Bertz CT molecular complexity index is 486. The highest BCUT2D eigenvalue weighted by Gasteiger charge is 1.91. The molecule has 0 aromatic carbocycles. The highest BCUT2D eigenvalue weighted by atomic mass is 16.5. The first-order valence-electron chi connectivity index (χ1n) is 5.88. The molecular formula is C15H15NO2. The molecule has 1 rings (SSSR count). The summed E-state index contributed by atoms with van der Waals surface area (Å²) in [5, 5.41) is 0. The molecule has 0 fully saturated rings. The standard InChI is InChI=1S/C15H15NO2/c1-2-18-15(17)12-7-5-3-4-6-10-14-11-8-9-13-16-14/h8-9,11,13H,2-5H2,1H3. The van der Waals surface area contributed by atoms with Gasteiger partial charge < -0.3 is 4.74 Å². The second-order valence-electron chi connectivity index (χ2n) is 3.39.